The van der Waals surface area contributed by atoms with Crippen molar-refractivity contribution in [3.05, 3.63) is 65.7 Å². The summed E-state index contributed by atoms with van der Waals surface area (Å²) in [6.07, 6.45) is 0.495. The van der Waals surface area contributed by atoms with Crippen molar-refractivity contribution < 1.29 is 14.3 Å². The fourth-order valence-electron chi connectivity index (χ4n) is 3.87. The molecule has 160 valence electrons. The van der Waals surface area contributed by atoms with Gasteiger partial charge >= 0.3 is 5.97 Å². The van der Waals surface area contributed by atoms with Crippen LogP contribution in [0, 0.1) is 0 Å². The van der Waals surface area contributed by atoms with Crippen LogP contribution in [0.5, 0.6) is 0 Å². The molecule has 1 aliphatic rings. The van der Waals surface area contributed by atoms with Crippen molar-refractivity contribution in [1.82, 2.24) is 10.2 Å². The Morgan fingerprint density at radius 2 is 1.80 bits per heavy atom. The van der Waals surface area contributed by atoms with Gasteiger partial charge in [-0.3, -0.25) is 9.69 Å². The van der Waals surface area contributed by atoms with E-state index in [0.29, 0.717) is 18.0 Å². The highest BCUT2D eigenvalue weighted by Gasteiger charge is 2.24. The van der Waals surface area contributed by atoms with Crippen molar-refractivity contribution in [3.63, 3.8) is 0 Å². The van der Waals surface area contributed by atoms with Gasteiger partial charge in [0.05, 0.1) is 18.7 Å². The first-order valence-electron chi connectivity index (χ1n) is 10.5. The van der Waals surface area contributed by atoms with Crippen LogP contribution in [0.1, 0.15) is 42.2 Å². The maximum absolute atomic E-state index is 12.4. The number of ether oxygens (including phenoxy) is 1. The first-order valence-corrected chi connectivity index (χ1v) is 10.5. The summed E-state index contributed by atoms with van der Waals surface area (Å²) >= 11 is 0. The molecule has 0 bridgehead atoms. The topological polar surface area (TPSA) is 61.9 Å². The molecule has 0 aromatic heterocycles. The van der Waals surface area contributed by atoms with Gasteiger partial charge in [0, 0.05) is 44.3 Å². The van der Waals surface area contributed by atoms with Crippen molar-refractivity contribution >= 4 is 17.6 Å². The Morgan fingerprint density at radius 1 is 1.10 bits per heavy atom. The number of hydrogen-bond acceptors (Lipinski definition) is 5. The zero-order chi connectivity index (χ0) is 21.5. The standard InChI is InChI=1S/C24H31N3O3/c1-18-17-27(22-11-9-21(10-12-22)24(29)30-3)16-15-26(18)14-13-23(28)25-19(2)20-7-5-4-6-8-20/h4-12,18-19H,13-17H2,1-3H3,(H,25,28). The van der Waals surface area contributed by atoms with Crippen LogP contribution in [0.3, 0.4) is 0 Å². The van der Waals surface area contributed by atoms with Crippen molar-refractivity contribution in [2.24, 2.45) is 0 Å². The minimum absolute atomic E-state index is 0.0148. The lowest BCUT2D eigenvalue weighted by Crippen LogP contribution is -2.52. The lowest BCUT2D eigenvalue weighted by atomic mass is 10.1. The smallest absolute Gasteiger partial charge is 0.337 e. The highest BCUT2D eigenvalue weighted by molar-refractivity contribution is 5.89. The van der Waals surface area contributed by atoms with Gasteiger partial charge in [0.2, 0.25) is 5.91 Å². The Morgan fingerprint density at radius 3 is 2.43 bits per heavy atom. The highest BCUT2D eigenvalue weighted by atomic mass is 16.5. The van der Waals surface area contributed by atoms with Crippen LogP contribution in [0.2, 0.25) is 0 Å². The Bertz CT molecular complexity index is 839. The molecule has 6 heteroatoms. The van der Waals surface area contributed by atoms with E-state index in [2.05, 4.69) is 22.0 Å². The number of piperazine rings is 1. The SMILES string of the molecule is COC(=O)c1ccc(N2CCN(CCC(=O)NC(C)c3ccccc3)C(C)C2)cc1. The molecule has 1 amide bonds. The molecule has 1 N–H and O–H groups in total. The fraction of sp³-hybridized carbons (Fsp3) is 0.417. The average Bonchev–Trinajstić information content (AvgIpc) is 2.78. The van der Waals surface area contributed by atoms with Crippen LogP contribution in [-0.2, 0) is 9.53 Å². The van der Waals surface area contributed by atoms with Gasteiger partial charge in [0.25, 0.3) is 0 Å². The predicted molar refractivity (Wildman–Crippen MR) is 119 cm³/mol. The zero-order valence-electron chi connectivity index (χ0n) is 18.0. The van der Waals surface area contributed by atoms with Gasteiger partial charge in [-0.25, -0.2) is 4.79 Å². The predicted octanol–water partition coefficient (Wildman–Crippen LogP) is 3.25. The number of methoxy groups -OCH3 is 1. The van der Waals surface area contributed by atoms with E-state index >= 15 is 0 Å². The number of nitrogens with one attached hydrogen (secondary N) is 1. The van der Waals surface area contributed by atoms with E-state index in [1.165, 1.54) is 7.11 Å². The van der Waals surface area contributed by atoms with E-state index in [1.54, 1.807) is 12.1 Å². The maximum atomic E-state index is 12.4. The van der Waals surface area contributed by atoms with Gasteiger partial charge in [0.1, 0.15) is 0 Å². The van der Waals surface area contributed by atoms with Gasteiger partial charge in [-0.2, -0.15) is 0 Å². The van der Waals surface area contributed by atoms with Crippen LogP contribution in [0.4, 0.5) is 5.69 Å². The molecule has 1 aliphatic heterocycles. The number of carbonyl (C=O) groups excluding carboxylic acids is 2. The molecule has 2 aromatic rings. The minimum Gasteiger partial charge on any atom is -0.465 e. The Balaban J connectivity index is 1.46. The van der Waals surface area contributed by atoms with Crippen molar-refractivity contribution in [2.45, 2.75) is 32.4 Å². The second-order valence-electron chi connectivity index (χ2n) is 7.82. The lowest BCUT2D eigenvalue weighted by molar-refractivity contribution is -0.122. The summed E-state index contributed by atoms with van der Waals surface area (Å²) in [5.41, 5.74) is 2.78. The molecule has 0 saturated carbocycles. The summed E-state index contributed by atoms with van der Waals surface area (Å²) in [5, 5.41) is 3.09. The number of rotatable bonds is 7. The number of anilines is 1. The summed E-state index contributed by atoms with van der Waals surface area (Å²) < 4.78 is 4.76. The number of benzene rings is 2. The third-order valence-electron chi connectivity index (χ3n) is 5.72. The Hall–Kier alpha value is -2.86. The number of amides is 1. The first-order chi connectivity index (χ1) is 14.5. The summed E-state index contributed by atoms with van der Waals surface area (Å²) in [6.45, 7) is 7.65. The number of carbonyl (C=O) groups is 2. The largest absolute Gasteiger partial charge is 0.465 e. The van der Waals surface area contributed by atoms with Gasteiger partial charge in [0.15, 0.2) is 0 Å². The van der Waals surface area contributed by atoms with E-state index in [1.807, 2.05) is 49.4 Å². The molecule has 3 rings (SSSR count). The molecule has 1 saturated heterocycles. The van der Waals surface area contributed by atoms with E-state index in [0.717, 1.165) is 37.4 Å². The number of hydrogen-bond donors (Lipinski definition) is 1. The normalized spacial score (nSPS) is 18.0. The molecular weight excluding hydrogens is 378 g/mol. The third-order valence-corrected chi connectivity index (χ3v) is 5.72. The molecule has 1 fully saturated rings. The van der Waals surface area contributed by atoms with Crippen LogP contribution < -0.4 is 10.2 Å². The Labute approximate surface area is 178 Å². The molecule has 2 atom stereocenters. The lowest BCUT2D eigenvalue weighted by Gasteiger charge is -2.41. The molecule has 2 aromatic carbocycles. The highest BCUT2D eigenvalue weighted by Crippen LogP contribution is 2.20. The van der Waals surface area contributed by atoms with Crippen molar-refractivity contribution in [2.75, 3.05) is 38.2 Å². The van der Waals surface area contributed by atoms with E-state index in [4.69, 9.17) is 4.74 Å². The quantitative estimate of drug-likeness (QED) is 0.712. The minimum atomic E-state index is -0.320. The van der Waals surface area contributed by atoms with Crippen LogP contribution in [-0.4, -0.2) is 56.1 Å². The summed E-state index contributed by atoms with van der Waals surface area (Å²) in [5.74, 6) is -0.237. The molecule has 1 heterocycles. The molecule has 30 heavy (non-hydrogen) atoms. The Kier molecular flexibility index (Phi) is 7.46. The van der Waals surface area contributed by atoms with Crippen molar-refractivity contribution in [1.29, 1.82) is 0 Å². The monoisotopic (exact) mass is 409 g/mol. The third kappa shape index (κ3) is 5.60. The summed E-state index contributed by atoms with van der Waals surface area (Å²) in [6, 6.07) is 17.9. The fourth-order valence-corrected chi connectivity index (χ4v) is 3.87. The van der Waals surface area contributed by atoms with E-state index in [9.17, 15) is 9.59 Å². The van der Waals surface area contributed by atoms with Gasteiger partial charge in [-0.15, -0.1) is 0 Å². The zero-order valence-corrected chi connectivity index (χ0v) is 18.0. The van der Waals surface area contributed by atoms with Gasteiger partial charge in [-0.05, 0) is 43.7 Å². The number of esters is 1. The average molecular weight is 410 g/mol. The van der Waals surface area contributed by atoms with Crippen molar-refractivity contribution in [3.8, 4) is 0 Å². The van der Waals surface area contributed by atoms with E-state index in [-0.39, 0.29) is 17.9 Å². The molecule has 0 aliphatic carbocycles. The molecule has 6 nitrogen and oxygen atoms in total. The maximum Gasteiger partial charge on any atom is 0.337 e. The van der Waals surface area contributed by atoms with Crippen LogP contribution in [0.25, 0.3) is 0 Å². The van der Waals surface area contributed by atoms with Crippen LogP contribution in [0.15, 0.2) is 54.6 Å². The second-order valence-corrected chi connectivity index (χ2v) is 7.82. The van der Waals surface area contributed by atoms with Gasteiger partial charge in [-0.1, -0.05) is 30.3 Å². The summed E-state index contributed by atoms with van der Waals surface area (Å²) in [7, 11) is 1.39. The summed E-state index contributed by atoms with van der Waals surface area (Å²) in [4.78, 5) is 28.7. The second kappa shape index (κ2) is 10.3. The van der Waals surface area contributed by atoms with Gasteiger partial charge < -0.3 is 15.0 Å². The first kappa shape index (κ1) is 21.8. The molecule has 2 unspecified atom stereocenters. The van der Waals surface area contributed by atoms with Crippen LogP contribution >= 0.6 is 0 Å². The van der Waals surface area contributed by atoms with E-state index < -0.39 is 0 Å². The molecule has 0 spiro atoms. The molecular formula is C24H31N3O3. The number of nitrogens with zero attached hydrogens (tertiary/aromatic N) is 2. The molecule has 0 radical (unpaired) electrons.